The molecule has 0 aromatic carbocycles. The van der Waals surface area contributed by atoms with Crippen LogP contribution in [-0.4, -0.2) is 35.4 Å². The Morgan fingerprint density at radius 2 is 1.88 bits per heavy atom. The summed E-state index contributed by atoms with van der Waals surface area (Å²) in [5.74, 6) is -0.377. The number of carbonyl (C=O) groups is 1. The van der Waals surface area contributed by atoms with Crippen LogP contribution >= 0.6 is 7.60 Å². The van der Waals surface area contributed by atoms with Gasteiger partial charge >= 0.3 is 7.60 Å². The Morgan fingerprint density at radius 3 is 2.31 bits per heavy atom. The zero-order chi connectivity index (χ0) is 12.8. The molecule has 0 fully saturated rings. The Balaban J connectivity index is 4.11. The van der Waals surface area contributed by atoms with Crippen LogP contribution in [0.25, 0.3) is 0 Å². The van der Waals surface area contributed by atoms with E-state index in [0.29, 0.717) is 13.0 Å². The van der Waals surface area contributed by atoms with E-state index < -0.39 is 19.2 Å². The predicted octanol–water partition coefficient (Wildman–Crippen LogP) is 1.58. The van der Waals surface area contributed by atoms with Gasteiger partial charge in [-0.05, 0) is 12.8 Å². The SMILES string of the molecule is COCCCCC(C)(C)C(=O)CP(=O)(O)O. The quantitative estimate of drug-likeness (QED) is 0.506. The minimum atomic E-state index is -4.24. The Morgan fingerprint density at radius 1 is 1.31 bits per heavy atom. The Hall–Kier alpha value is -0.220. The molecule has 0 unspecified atom stereocenters. The van der Waals surface area contributed by atoms with E-state index in [0.717, 1.165) is 12.8 Å². The van der Waals surface area contributed by atoms with Crippen molar-refractivity contribution in [1.82, 2.24) is 0 Å². The molecule has 0 bridgehead atoms. The molecule has 2 N–H and O–H groups in total. The molecule has 0 saturated heterocycles. The minimum absolute atomic E-state index is 0.377. The van der Waals surface area contributed by atoms with E-state index in [9.17, 15) is 9.36 Å². The van der Waals surface area contributed by atoms with Gasteiger partial charge in [-0.3, -0.25) is 9.36 Å². The van der Waals surface area contributed by atoms with Crippen molar-refractivity contribution in [2.75, 3.05) is 19.9 Å². The summed E-state index contributed by atoms with van der Waals surface area (Å²) in [5.41, 5.74) is -0.672. The van der Waals surface area contributed by atoms with Gasteiger partial charge in [0.25, 0.3) is 0 Å². The van der Waals surface area contributed by atoms with Crippen molar-refractivity contribution in [3.63, 3.8) is 0 Å². The molecule has 0 atom stereocenters. The molecule has 0 aliphatic heterocycles. The molecule has 0 radical (unpaired) electrons. The fourth-order valence-electron chi connectivity index (χ4n) is 1.35. The van der Waals surface area contributed by atoms with Crippen LogP contribution in [0.1, 0.15) is 33.1 Å². The molecule has 5 nitrogen and oxygen atoms in total. The lowest BCUT2D eigenvalue weighted by Gasteiger charge is -2.23. The third-order valence-corrected chi connectivity index (χ3v) is 3.20. The summed E-state index contributed by atoms with van der Waals surface area (Å²) >= 11 is 0. The molecule has 0 rings (SSSR count). The number of Topliss-reactive ketones (excluding diaryl/α,β-unsaturated/α-hetero) is 1. The predicted molar refractivity (Wildman–Crippen MR) is 61.4 cm³/mol. The molecule has 96 valence electrons. The van der Waals surface area contributed by atoms with E-state index in [1.165, 1.54) is 0 Å². The van der Waals surface area contributed by atoms with Crippen LogP contribution in [0, 0.1) is 5.41 Å². The van der Waals surface area contributed by atoms with Gasteiger partial charge in [0.2, 0.25) is 0 Å². The third kappa shape index (κ3) is 7.12. The molecule has 0 aromatic heterocycles. The van der Waals surface area contributed by atoms with Gasteiger partial charge in [-0.1, -0.05) is 20.3 Å². The van der Waals surface area contributed by atoms with Gasteiger partial charge < -0.3 is 14.5 Å². The highest BCUT2D eigenvalue weighted by Gasteiger charge is 2.31. The summed E-state index contributed by atoms with van der Waals surface area (Å²) in [5, 5.41) is 0. The number of methoxy groups -OCH3 is 1. The van der Waals surface area contributed by atoms with E-state index in [2.05, 4.69) is 0 Å². The number of rotatable bonds is 8. The second kappa shape index (κ2) is 6.50. The lowest BCUT2D eigenvalue weighted by atomic mass is 9.83. The highest BCUT2D eigenvalue weighted by atomic mass is 31.2. The molecule has 0 amide bonds. The number of hydrogen-bond donors (Lipinski definition) is 2. The molecule has 6 heteroatoms. The van der Waals surface area contributed by atoms with Gasteiger partial charge in [0.1, 0.15) is 11.9 Å². The van der Waals surface area contributed by atoms with Crippen molar-refractivity contribution in [2.24, 2.45) is 5.41 Å². The van der Waals surface area contributed by atoms with Crippen LogP contribution in [-0.2, 0) is 14.1 Å². The zero-order valence-electron chi connectivity index (χ0n) is 10.1. The van der Waals surface area contributed by atoms with Gasteiger partial charge in [0.05, 0.1) is 0 Å². The highest BCUT2D eigenvalue weighted by Crippen LogP contribution is 2.38. The second-order valence-corrected chi connectivity index (χ2v) is 6.23. The molecule has 0 aliphatic carbocycles. The molecular formula is C10H21O5P. The number of unbranched alkanes of at least 4 members (excludes halogenated alkanes) is 1. The van der Waals surface area contributed by atoms with Crippen LogP contribution in [0.3, 0.4) is 0 Å². The van der Waals surface area contributed by atoms with Crippen LogP contribution in [0.4, 0.5) is 0 Å². The number of ketones is 1. The Labute approximate surface area is 96.4 Å². The lowest BCUT2D eigenvalue weighted by molar-refractivity contribution is -0.125. The lowest BCUT2D eigenvalue weighted by Crippen LogP contribution is -2.27. The molecular weight excluding hydrogens is 231 g/mol. The van der Waals surface area contributed by atoms with Crippen LogP contribution in [0.15, 0.2) is 0 Å². The fraction of sp³-hybridized carbons (Fsp3) is 0.900. The summed E-state index contributed by atoms with van der Waals surface area (Å²) in [4.78, 5) is 29.1. The molecule has 0 heterocycles. The van der Waals surface area contributed by atoms with Gasteiger partial charge in [-0.2, -0.15) is 0 Å². The summed E-state index contributed by atoms with van der Waals surface area (Å²) in [6.45, 7) is 4.08. The standard InChI is InChI=1S/C10H21O5P/c1-10(2,6-4-5-7-15-3)9(11)8-16(12,13)14/h4-8H2,1-3H3,(H2,12,13,14). The average molecular weight is 252 g/mol. The maximum atomic E-state index is 11.6. The second-order valence-electron chi connectivity index (χ2n) is 4.58. The maximum Gasteiger partial charge on any atom is 0.332 e. The van der Waals surface area contributed by atoms with Gasteiger partial charge in [-0.15, -0.1) is 0 Å². The van der Waals surface area contributed by atoms with Crippen molar-refractivity contribution in [3.8, 4) is 0 Å². The molecule has 0 aromatic rings. The number of ether oxygens (including phenoxy) is 1. The van der Waals surface area contributed by atoms with Crippen LogP contribution in [0.5, 0.6) is 0 Å². The van der Waals surface area contributed by atoms with E-state index in [1.54, 1.807) is 21.0 Å². The van der Waals surface area contributed by atoms with Crippen molar-refractivity contribution >= 4 is 13.4 Å². The molecule has 0 aliphatic rings. The first-order valence-electron chi connectivity index (χ1n) is 5.26. The fourth-order valence-corrected chi connectivity index (χ4v) is 2.16. The van der Waals surface area contributed by atoms with Crippen molar-refractivity contribution in [2.45, 2.75) is 33.1 Å². The van der Waals surface area contributed by atoms with Gasteiger partial charge in [0.15, 0.2) is 0 Å². The number of hydrogen-bond acceptors (Lipinski definition) is 3. The summed E-state index contributed by atoms with van der Waals surface area (Å²) in [6, 6.07) is 0. The van der Waals surface area contributed by atoms with E-state index in [-0.39, 0.29) is 5.78 Å². The smallest absolute Gasteiger partial charge is 0.332 e. The summed E-state index contributed by atoms with van der Waals surface area (Å²) in [7, 11) is -2.62. The summed E-state index contributed by atoms with van der Waals surface area (Å²) < 4.78 is 15.6. The van der Waals surface area contributed by atoms with E-state index in [4.69, 9.17) is 14.5 Å². The van der Waals surface area contributed by atoms with Crippen molar-refractivity contribution in [1.29, 1.82) is 0 Å². The van der Waals surface area contributed by atoms with Crippen molar-refractivity contribution < 1.29 is 23.9 Å². The van der Waals surface area contributed by atoms with E-state index in [1.807, 2.05) is 0 Å². The zero-order valence-corrected chi connectivity index (χ0v) is 11.0. The normalized spacial score (nSPS) is 12.8. The number of carbonyl (C=O) groups excluding carboxylic acids is 1. The van der Waals surface area contributed by atoms with Crippen LogP contribution in [0.2, 0.25) is 0 Å². The monoisotopic (exact) mass is 252 g/mol. The largest absolute Gasteiger partial charge is 0.385 e. The highest BCUT2D eigenvalue weighted by molar-refractivity contribution is 7.52. The molecule has 16 heavy (non-hydrogen) atoms. The first kappa shape index (κ1) is 15.8. The van der Waals surface area contributed by atoms with Crippen molar-refractivity contribution in [3.05, 3.63) is 0 Å². The third-order valence-electron chi connectivity index (χ3n) is 2.50. The van der Waals surface area contributed by atoms with Gasteiger partial charge in [-0.25, -0.2) is 0 Å². The molecule has 0 saturated carbocycles. The van der Waals surface area contributed by atoms with Gasteiger partial charge in [0, 0.05) is 19.1 Å². The Bertz CT molecular complexity index is 268. The maximum absolute atomic E-state index is 11.6. The first-order valence-corrected chi connectivity index (χ1v) is 7.05. The average Bonchev–Trinajstić information content (AvgIpc) is 2.09. The summed E-state index contributed by atoms with van der Waals surface area (Å²) in [6.07, 6.45) is 1.62. The first-order chi connectivity index (χ1) is 7.19. The Kier molecular flexibility index (Phi) is 6.41. The van der Waals surface area contributed by atoms with E-state index >= 15 is 0 Å². The molecule has 0 spiro atoms. The van der Waals surface area contributed by atoms with Crippen LogP contribution < -0.4 is 0 Å². The topological polar surface area (TPSA) is 83.8 Å². The minimum Gasteiger partial charge on any atom is -0.385 e.